The number of methoxy groups -OCH3 is 1. The van der Waals surface area contributed by atoms with E-state index in [-0.39, 0.29) is 24.1 Å². The Hall–Kier alpha value is -3.55. The number of carbonyl (C=O) groups is 1. The molecule has 3 heterocycles. The summed E-state index contributed by atoms with van der Waals surface area (Å²) >= 11 is 0. The summed E-state index contributed by atoms with van der Waals surface area (Å²) in [5.74, 6) is 0.842. The largest absolute Gasteiger partial charge is 0.496 e. The van der Waals surface area contributed by atoms with E-state index in [0.717, 1.165) is 30.2 Å². The van der Waals surface area contributed by atoms with E-state index in [4.69, 9.17) is 4.74 Å². The van der Waals surface area contributed by atoms with Gasteiger partial charge < -0.3 is 25.1 Å². The molecule has 0 spiro atoms. The van der Waals surface area contributed by atoms with Crippen LogP contribution in [-0.4, -0.2) is 56.2 Å². The van der Waals surface area contributed by atoms with Crippen molar-refractivity contribution in [3.05, 3.63) is 52.8 Å². The molecule has 10 heteroatoms. The van der Waals surface area contributed by atoms with Gasteiger partial charge in [0.1, 0.15) is 18.0 Å². The van der Waals surface area contributed by atoms with E-state index in [1.807, 2.05) is 29.2 Å². The fraction of sp³-hybridized carbons (Fsp3) is 0.458. The molecule has 1 unspecified atom stereocenters. The number of nitrogens with zero attached hydrogens (tertiary/aromatic N) is 3. The number of nitriles is 1. The lowest BCUT2D eigenvalue weighted by Gasteiger charge is -2.31. The molecule has 0 radical (unpaired) electrons. The van der Waals surface area contributed by atoms with E-state index in [9.17, 15) is 20.0 Å². The van der Waals surface area contributed by atoms with Gasteiger partial charge in [0.25, 0.3) is 0 Å². The molecule has 1 aromatic carbocycles. The molecule has 2 fully saturated rings. The summed E-state index contributed by atoms with van der Waals surface area (Å²) in [4.78, 5) is 32.9. The molecule has 1 saturated carbocycles. The lowest BCUT2D eigenvalue weighted by atomic mass is 9.93. The number of imidazole rings is 1. The molecule has 2 aliphatic rings. The van der Waals surface area contributed by atoms with E-state index in [0.29, 0.717) is 23.9 Å². The third kappa shape index (κ3) is 3.87. The summed E-state index contributed by atoms with van der Waals surface area (Å²) in [5, 5.41) is 24.6. The van der Waals surface area contributed by atoms with Crippen molar-refractivity contribution in [1.82, 2.24) is 24.8 Å². The highest BCUT2D eigenvalue weighted by Gasteiger charge is 2.50. The number of carbonyl (C=O) groups excluding carboxylic acids is 1. The van der Waals surface area contributed by atoms with Gasteiger partial charge in [0.05, 0.1) is 31.5 Å². The molecular formula is C24H28N6O4. The van der Waals surface area contributed by atoms with Gasteiger partial charge in [-0.05, 0) is 42.9 Å². The number of hydrogen-bond donors (Lipinski definition) is 4. The number of rotatable bonds is 7. The molecule has 4 N–H and O–H groups in total. The molecule has 5 rings (SSSR count). The second-order valence-corrected chi connectivity index (χ2v) is 9.12. The van der Waals surface area contributed by atoms with Crippen LogP contribution in [0.4, 0.5) is 0 Å². The molecule has 2 aromatic heterocycles. The van der Waals surface area contributed by atoms with E-state index in [1.54, 1.807) is 13.3 Å². The Balaban J connectivity index is 1.39. The number of aliphatic hydroxyl groups is 1. The Labute approximate surface area is 196 Å². The van der Waals surface area contributed by atoms with Gasteiger partial charge in [0.2, 0.25) is 5.91 Å². The maximum Gasteiger partial charge on any atom is 0.325 e. The van der Waals surface area contributed by atoms with E-state index in [1.165, 1.54) is 10.8 Å². The minimum atomic E-state index is -1.01. The number of fused-ring (bicyclic) bond motifs is 2. The van der Waals surface area contributed by atoms with Crippen LogP contribution in [0.3, 0.4) is 0 Å². The van der Waals surface area contributed by atoms with Crippen LogP contribution >= 0.6 is 0 Å². The lowest BCUT2D eigenvalue weighted by molar-refractivity contribution is -0.132. The number of benzene rings is 1. The molecule has 1 saturated heterocycles. The SMILES string of the molecule is COc1cccc2[nH]c(C(O)N3C[C@@H]4CCC[C@@H]4[C@H]3C(=O)N[C@H](C#N)Cn3cc[nH]c3=O)cc12. The highest BCUT2D eigenvalue weighted by molar-refractivity contribution is 5.87. The zero-order valence-electron chi connectivity index (χ0n) is 18.9. The summed E-state index contributed by atoms with van der Waals surface area (Å²) in [6.07, 6.45) is 4.99. The number of aliphatic hydroxyl groups excluding tert-OH is 1. The minimum absolute atomic E-state index is 0.0513. The number of nitrogens with one attached hydrogen (secondary N) is 3. The van der Waals surface area contributed by atoms with Gasteiger partial charge in [-0.25, -0.2) is 4.79 Å². The molecule has 0 bridgehead atoms. The first-order valence-corrected chi connectivity index (χ1v) is 11.5. The monoisotopic (exact) mass is 464 g/mol. The number of aromatic nitrogens is 3. The number of amides is 1. The Kier molecular flexibility index (Phi) is 5.89. The van der Waals surface area contributed by atoms with Gasteiger partial charge in [-0.1, -0.05) is 12.5 Å². The third-order valence-corrected chi connectivity index (χ3v) is 7.23. The van der Waals surface area contributed by atoms with Gasteiger partial charge in [0, 0.05) is 29.8 Å². The highest BCUT2D eigenvalue weighted by atomic mass is 16.5. The van der Waals surface area contributed by atoms with Crippen LogP contribution in [0.15, 0.2) is 41.5 Å². The van der Waals surface area contributed by atoms with Gasteiger partial charge in [-0.15, -0.1) is 0 Å². The zero-order chi connectivity index (χ0) is 23.8. The predicted molar refractivity (Wildman–Crippen MR) is 124 cm³/mol. The van der Waals surface area contributed by atoms with Gasteiger partial charge >= 0.3 is 5.69 Å². The summed E-state index contributed by atoms with van der Waals surface area (Å²) in [5.41, 5.74) is 1.10. The second kappa shape index (κ2) is 9.00. The maximum atomic E-state index is 13.4. The first-order chi connectivity index (χ1) is 16.5. The molecule has 34 heavy (non-hydrogen) atoms. The number of H-pyrrole nitrogens is 2. The fourth-order valence-corrected chi connectivity index (χ4v) is 5.65. The number of hydrogen-bond acceptors (Lipinski definition) is 6. The van der Waals surface area contributed by atoms with Crippen molar-refractivity contribution in [2.75, 3.05) is 13.7 Å². The van der Waals surface area contributed by atoms with Crippen molar-refractivity contribution in [2.24, 2.45) is 11.8 Å². The van der Waals surface area contributed by atoms with Gasteiger partial charge in [-0.2, -0.15) is 5.26 Å². The van der Waals surface area contributed by atoms with Crippen molar-refractivity contribution >= 4 is 16.8 Å². The molecule has 1 aliphatic carbocycles. The summed E-state index contributed by atoms with van der Waals surface area (Å²) in [6, 6.07) is 8.17. The smallest absolute Gasteiger partial charge is 0.325 e. The summed E-state index contributed by atoms with van der Waals surface area (Å²) in [6.45, 7) is 0.653. The Bertz CT molecular complexity index is 1290. The topological polar surface area (TPSA) is 139 Å². The van der Waals surface area contributed by atoms with Crippen LogP contribution in [0.5, 0.6) is 5.75 Å². The molecule has 3 aromatic rings. The van der Waals surface area contributed by atoms with E-state index >= 15 is 0 Å². The normalized spacial score (nSPS) is 24.0. The quantitative estimate of drug-likeness (QED) is 0.418. The fourth-order valence-electron chi connectivity index (χ4n) is 5.65. The molecule has 1 amide bonds. The van der Waals surface area contributed by atoms with Crippen molar-refractivity contribution < 1.29 is 14.6 Å². The average molecular weight is 465 g/mol. The third-order valence-electron chi connectivity index (χ3n) is 7.23. The van der Waals surface area contributed by atoms with Gasteiger partial charge in [-0.3, -0.25) is 14.3 Å². The second-order valence-electron chi connectivity index (χ2n) is 9.12. The Morgan fingerprint density at radius 2 is 2.26 bits per heavy atom. The van der Waals surface area contributed by atoms with Crippen molar-refractivity contribution in [3.63, 3.8) is 0 Å². The lowest BCUT2D eigenvalue weighted by Crippen LogP contribution is -2.51. The Morgan fingerprint density at radius 1 is 1.41 bits per heavy atom. The molecular weight excluding hydrogens is 436 g/mol. The predicted octanol–water partition coefficient (Wildman–Crippen LogP) is 1.47. The van der Waals surface area contributed by atoms with Crippen molar-refractivity contribution in [1.29, 1.82) is 5.26 Å². The zero-order valence-corrected chi connectivity index (χ0v) is 18.9. The van der Waals surface area contributed by atoms with Crippen LogP contribution in [0, 0.1) is 23.2 Å². The molecule has 5 atom stereocenters. The van der Waals surface area contributed by atoms with E-state index in [2.05, 4.69) is 21.4 Å². The summed E-state index contributed by atoms with van der Waals surface area (Å²) < 4.78 is 6.79. The standard InChI is InChI=1S/C24H28N6O4/c1-34-20-7-3-6-18-17(20)10-19(28-18)23(32)30-12-14-4-2-5-16(14)21(30)22(31)27-15(11-25)13-29-9-8-26-24(29)33/h3,6-10,14-16,21,23,28,32H,2,4-5,12-13H2,1H3,(H,26,33)(H,27,31)/t14-,15+,16-,21-,23?/m0/s1. The van der Waals surface area contributed by atoms with Gasteiger partial charge in [0.15, 0.2) is 0 Å². The average Bonchev–Trinajstić information content (AvgIpc) is 3.61. The van der Waals surface area contributed by atoms with Crippen LogP contribution in [-0.2, 0) is 11.3 Å². The minimum Gasteiger partial charge on any atom is -0.496 e. The summed E-state index contributed by atoms with van der Waals surface area (Å²) in [7, 11) is 1.60. The number of likely N-dealkylation sites (tertiary alicyclic amines) is 1. The molecule has 1 aliphatic heterocycles. The number of ether oxygens (including phenoxy) is 1. The first-order valence-electron chi connectivity index (χ1n) is 11.5. The number of aromatic amines is 2. The maximum absolute atomic E-state index is 13.4. The highest BCUT2D eigenvalue weighted by Crippen LogP contribution is 2.45. The molecule has 178 valence electrons. The van der Waals surface area contributed by atoms with E-state index < -0.39 is 18.3 Å². The molecule has 10 nitrogen and oxygen atoms in total. The van der Waals surface area contributed by atoms with Crippen LogP contribution in [0.2, 0.25) is 0 Å². The van der Waals surface area contributed by atoms with Crippen LogP contribution in [0.1, 0.15) is 31.2 Å². The van der Waals surface area contributed by atoms with Crippen molar-refractivity contribution in [2.45, 2.75) is 44.1 Å². The van der Waals surface area contributed by atoms with Crippen LogP contribution < -0.4 is 15.7 Å². The Morgan fingerprint density at radius 3 is 3.00 bits per heavy atom. The van der Waals surface area contributed by atoms with Crippen molar-refractivity contribution in [3.8, 4) is 11.8 Å². The van der Waals surface area contributed by atoms with Crippen LogP contribution in [0.25, 0.3) is 10.9 Å². The first kappa shape index (κ1) is 22.3.